The van der Waals surface area contributed by atoms with Gasteiger partial charge in [-0.15, -0.1) is 0 Å². The third kappa shape index (κ3) is 4.17. The molecule has 0 fully saturated rings. The van der Waals surface area contributed by atoms with Gasteiger partial charge in [0.2, 0.25) is 0 Å². The van der Waals surface area contributed by atoms with Crippen molar-refractivity contribution in [2.24, 2.45) is 0 Å². The molecule has 0 amide bonds. The molecular weight excluding hydrogens is 270 g/mol. The molecule has 20 heavy (non-hydrogen) atoms. The lowest BCUT2D eigenvalue weighted by atomic mass is 10.1. The summed E-state index contributed by atoms with van der Waals surface area (Å²) < 4.78 is 5.76. The highest BCUT2D eigenvalue weighted by molar-refractivity contribution is 6.30. The van der Waals surface area contributed by atoms with Crippen molar-refractivity contribution < 1.29 is 4.74 Å². The molecule has 0 bridgehead atoms. The summed E-state index contributed by atoms with van der Waals surface area (Å²) >= 11 is 5.99. The molecule has 0 saturated carbocycles. The zero-order chi connectivity index (χ0) is 14.5. The summed E-state index contributed by atoms with van der Waals surface area (Å²) in [7, 11) is 0. The molecule has 2 rings (SSSR count). The van der Waals surface area contributed by atoms with Gasteiger partial charge in [0.1, 0.15) is 12.4 Å². The first-order chi connectivity index (χ1) is 9.54. The Bertz CT molecular complexity index is 575. The number of anilines is 1. The van der Waals surface area contributed by atoms with E-state index in [4.69, 9.17) is 16.3 Å². The zero-order valence-corrected chi connectivity index (χ0v) is 12.9. The van der Waals surface area contributed by atoms with E-state index in [1.54, 1.807) is 0 Å². The summed E-state index contributed by atoms with van der Waals surface area (Å²) in [6.45, 7) is 7.58. The smallest absolute Gasteiger partial charge is 0.119 e. The van der Waals surface area contributed by atoms with Gasteiger partial charge in [-0.05, 0) is 61.7 Å². The van der Waals surface area contributed by atoms with Gasteiger partial charge in [0.25, 0.3) is 0 Å². The lowest BCUT2D eigenvalue weighted by Crippen LogP contribution is -2.12. The van der Waals surface area contributed by atoms with Crippen LogP contribution in [0, 0.1) is 20.8 Å². The van der Waals surface area contributed by atoms with Gasteiger partial charge in [0.15, 0.2) is 0 Å². The van der Waals surface area contributed by atoms with Crippen LogP contribution in [0.3, 0.4) is 0 Å². The molecule has 0 unspecified atom stereocenters. The second-order valence-corrected chi connectivity index (χ2v) is 5.49. The van der Waals surface area contributed by atoms with Crippen LogP contribution in [0.2, 0.25) is 5.02 Å². The molecule has 0 aliphatic carbocycles. The third-order valence-electron chi connectivity index (χ3n) is 3.08. The molecule has 3 heteroatoms. The second kappa shape index (κ2) is 6.67. The van der Waals surface area contributed by atoms with E-state index in [2.05, 4.69) is 44.3 Å². The van der Waals surface area contributed by atoms with Crippen LogP contribution in [0.15, 0.2) is 36.4 Å². The minimum atomic E-state index is 0.620. The lowest BCUT2D eigenvalue weighted by Gasteiger charge is -2.12. The average Bonchev–Trinajstić information content (AvgIpc) is 2.37. The van der Waals surface area contributed by atoms with Gasteiger partial charge in [-0.3, -0.25) is 0 Å². The van der Waals surface area contributed by atoms with Crippen LogP contribution in [0.4, 0.5) is 5.69 Å². The highest BCUT2D eigenvalue weighted by atomic mass is 35.5. The van der Waals surface area contributed by atoms with Crippen LogP contribution in [-0.4, -0.2) is 13.2 Å². The molecule has 0 heterocycles. The molecule has 2 nitrogen and oxygen atoms in total. The van der Waals surface area contributed by atoms with E-state index in [1.807, 2.05) is 18.2 Å². The van der Waals surface area contributed by atoms with Crippen LogP contribution in [0.25, 0.3) is 0 Å². The summed E-state index contributed by atoms with van der Waals surface area (Å²) in [5.74, 6) is 0.923. The Kier molecular flexibility index (Phi) is 4.91. The highest BCUT2D eigenvalue weighted by Crippen LogP contribution is 2.20. The first-order valence-electron chi connectivity index (χ1n) is 6.76. The molecule has 0 aliphatic heterocycles. The van der Waals surface area contributed by atoms with Crippen molar-refractivity contribution in [3.8, 4) is 5.75 Å². The number of benzene rings is 2. The maximum Gasteiger partial charge on any atom is 0.119 e. The lowest BCUT2D eigenvalue weighted by molar-refractivity contribution is 0.332. The summed E-state index contributed by atoms with van der Waals surface area (Å²) in [6, 6.07) is 12.1. The SMILES string of the molecule is Cc1cc(C)cc(OCCNc2cc(Cl)ccc2C)c1. The van der Waals surface area contributed by atoms with E-state index in [0.29, 0.717) is 6.61 Å². The number of aryl methyl sites for hydroxylation is 3. The van der Waals surface area contributed by atoms with E-state index in [9.17, 15) is 0 Å². The molecule has 0 atom stereocenters. The third-order valence-corrected chi connectivity index (χ3v) is 3.32. The standard InChI is InChI=1S/C17H20ClNO/c1-12-8-13(2)10-16(9-12)20-7-6-19-17-11-15(18)5-4-14(17)3/h4-5,8-11,19H,6-7H2,1-3H3. The number of rotatable bonds is 5. The van der Waals surface area contributed by atoms with Crippen molar-refractivity contribution in [2.45, 2.75) is 20.8 Å². The van der Waals surface area contributed by atoms with Crippen molar-refractivity contribution in [2.75, 3.05) is 18.5 Å². The fourth-order valence-electron chi connectivity index (χ4n) is 2.16. The number of halogens is 1. The van der Waals surface area contributed by atoms with Gasteiger partial charge < -0.3 is 10.1 Å². The van der Waals surface area contributed by atoms with E-state index in [0.717, 1.165) is 23.0 Å². The topological polar surface area (TPSA) is 21.3 Å². The maximum absolute atomic E-state index is 5.99. The predicted octanol–water partition coefficient (Wildman–Crippen LogP) is 4.76. The molecule has 0 aliphatic rings. The van der Waals surface area contributed by atoms with Crippen molar-refractivity contribution in [3.05, 3.63) is 58.1 Å². The summed E-state index contributed by atoms with van der Waals surface area (Å²) in [5, 5.41) is 4.09. The number of hydrogen-bond donors (Lipinski definition) is 1. The van der Waals surface area contributed by atoms with Gasteiger partial charge in [0.05, 0.1) is 0 Å². The number of ether oxygens (including phenoxy) is 1. The van der Waals surface area contributed by atoms with Gasteiger partial charge in [-0.25, -0.2) is 0 Å². The van der Waals surface area contributed by atoms with Gasteiger partial charge in [-0.1, -0.05) is 23.7 Å². The summed E-state index contributed by atoms with van der Waals surface area (Å²) in [6.07, 6.45) is 0. The monoisotopic (exact) mass is 289 g/mol. The molecule has 106 valence electrons. The van der Waals surface area contributed by atoms with Crippen molar-refractivity contribution >= 4 is 17.3 Å². The van der Waals surface area contributed by atoms with Crippen molar-refractivity contribution in [3.63, 3.8) is 0 Å². The minimum absolute atomic E-state index is 0.620. The highest BCUT2D eigenvalue weighted by Gasteiger charge is 2.00. The fourth-order valence-corrected chi connectivity index (χ4v) is 2.33. The molecule has 0 radical (unpaired) electrons. The Labute approximate surface area is 125 Å². The Balaban J connectivity index is 1.86. The Morgan fingerprint density at radius 2 is 1.70 bits per heavy atom. The fraction of sp³-hybridized carbons (Fsp3) is 0.294. The first-order valence-corrected chi connectivity index (χ1v) is 7.13. The first kappa shape index (κ1) is 14.7. The maximum atomic E-state index is 5.99. The Morgan fingerprint density at radius 1 is 1.00 bits per heavy atom. The van der Waals surface area contributed by atoms with E-state index < -0.39 is 0 Å². The zero-order valence-electron chi connectivity index (χ0n) is 12.2. The number of nitrogens with one attached hydrogen (secondary N) is 1. The van der Waals surface area contributed by atoms with Crippen LogP contribution < -0.4 is 10.1 Å². The molecule has 0 saturated heterocycles. The quantitative estimate of drug-likeness (QED) is 0.802. The molecule has 0 aromatic heterocycles. The predicted molar refractivity (Wildman–Crippen MR) is 86.1 cm³/mol. The van der Waals surface area contributed by atoms with Crippen molar-refractivity contribution in [1.29, 1.82) is 0 Å². The average molecular weight is 290 g/mol. The molecule has 0 spiro atoms. The minimum Gasteiger partial charge on any atom is -0.492 e. The van der Waals surface area contributed by atoms with Gasteiger partial charge >= 0.3 is 0 Å². The second-order valence-electron chi connectivity index (χ2n) is 5.06. The molecule has 1 N–H and O–H groups in total. The van der Waals surface area contributed by atoms with Crippen LogP contribution in [-0.2, 0) is 0 Å². The van der Waals surface area contributed by atoms with Crippen LogP contribution in [0.1, 0.15) is 16.7 Å². The van der Waals surface area contributed by atoms with Gasteiger partial charge in [0, 0.05) is 17.3 Å². The summed E-state index contributed by atoms with van der Waals surface area (Å²) in [5.41, 5.74) is 4.68. The Morgan fingerprint density at radius 3 is 2.40 bits per heavy atom. The largest absolute Gasteiger partial charge is 0.492 e. The van der Waals surface area contributed by atoms with Crippen LogP contribution >= 0.6 is 11.6 Å². The Hall–Kier alpha value is -1.67. The normalized spacial score (nSPS) is 10.4. The van der Waals surface area contributed by atoms with E-state index in [-0.39, 0.29) is 0 Å². The van der Waals surface area contributed by atoms with E-state index >= 15 is 0 Å². The molecular formula is C17H20ClNO. The van der Waals surface area contributed by atoms with Crippen LogP contribution in [0.5, 0.6) is 5.75 Å². The molecule has 2 aromatic carbocycles. The molecule has 2 aromatic rings. The van der Waals surface area contributed by atoms with Crippen molar-refractivity contribution in [1.82, 2.24) is 0 Å². The number of hydrogen-bond acceptors (Lipinski definition) is 2. The summed E-state index contributed by atoms with van der Waals surface area (Å²) in [4.78, 5) is 0. The van der Waals surface area contributed by atoms with E-state index in [1.165, 1.54) is 16.7 Å². The van der Waals surface area contributed by atoms with Gasteiger partial charge in [-0.2, -0.15) is 0 Å².